The van der Waals surface area contributed by atoms with E-state index in [2.05, 4.69) is 10.0 Å². The van der Waals surface area contributed by atoms with Crippen LogP contribution in [0.5, 0.6) is 0 Å². The van der Waals surface area contributed by atoms with Gasteiger partial charge in [-0.25, -0.2) is 13.2 Å². The molecular formula is C21H17ClN2O4S. The van der Waals surface area contributed by atoms with Crippen molar-refractivity contribution in [2.75, 3.05) is 5.32 Å². The highest BCUT2D eigenvalue weighted by molar-refractivity contribution is 7.89. The van der Waals surface area contributed by atoms with Gasteiger partial charge in [0.2, 0.25) is 10.0 Å². The molecule has 3 aromatic rings. The molecule has 0 bridgehead atoms. The number of ether oxygens (including phenoxy) is 1. The fourth-order valence-electron chi connectivity index (χ4n) is 3.05. The minimum Gasteiger partial charge on any atom is -0.457 e. The fraction of sp³-hybridized carbons (Fsp3) is 0.0952. The number of hydrogen-bond donors (Lipinski definition) is 2. The number of esters is 1. The summed E-state index contributed by atoms with van der Waals surface area (Å²) in [4.78, 5) is 12.5. The third-order valence-electron chi connectivity index (χ3n) is 4.49. The van der Waals surface area contributed by atoms with Crippen LogP contribution in [0.15, 0.2) is 77.7 Å². The van der Waals surface area contributed by atoms with Gasteiger partial charge in [0.05, 0.1) is 11.3 Å². The first-order valence-corrected chi connectivity index (χ1v) is 10.7. The lowest BCUT2D eigenvalue weighted by atomic mass is 10.1. The Hall–Kier alpha value is -2.87. The van der Waals surface area contributed by atoms with Gasteiger partial charge >= 0.3 is 5.97 Å². The molecule has 2 N–H and O–H groups in total. The van der Waals surface area contributed by atoms with Crippen LogP contribution < -0.4 is 10.0 Å². The molecule has 0 saturated carbocycles. The molecule has 1 aliphatic rings. The molecule has 0 aliphatic carbocycles. The van der Waals surface area contributed by atoms with Gasteiger partial charge in [0, 0.05) is 5.02 Å². The van der Waals surface area contributed by atoms with E-state index in [0.29, 0.717) is 21.8 Å². The van der Waals surface area contributed by atoms with Crippen LogP contribution in [0.1, 0.15) is 27.7 Å². The summed E-state index contributed by atoms with van der Waals surface area (Å²) in [5, 5.41) is 3.73. The van der Waals surface area contributed by atoms with Crippen molar-refractivity contribution >= 4 is 33.3 Å². The summed E-state index contributed by atoms with van der Waals surface area (Å²) >= 11 is 5.92. The first-order chi connectivity index (χ1) is 13.9. The van der Waals surface area contributed by atoms with Crippen molar-refractivity contribution in [2.45, 2.75) is 17.7 Å². The monoisotopic (exact) mass is 428 g/mol. The highest BCUT2D eigenvalue weighted by Crippen LogP contribution is 2.30. The number of sulfonamides is 1. The standard InChI is InChI=1S/C21H17ClN2O4S/c22-17-5-3-4-14(12-17)13-28-21(25)16-10-8-15(9-11-16)20-23-18-6-1-2-7-19(18)29(26,27)24-20/h1-12,20,23-24H,13H2/t20-/m1/s1. The Morgan fingerprint density at radius 1 is 1.00 bits per heavy atom. The highest BCUT2D eigenvalue weighted by Gasteiger charge is 2.29. The normalized spacial score (nSPS) is 17.1. The minimum atomic E-state index is -3.62. The number of anilines is 1. The van der Waals surface area contributed by atoms with Crippen LogP contribution in [0.4, 0.5) is 5.69 Å². The smallest absolute Gasteiger partial charge is 0.338 e. The Morgan fingerprint density at radius 3 is 2.52 bits per heavy atom. The van der Waals surface area contributed by atoms with Gasteiger partial charge in [-0.05, 0) is 47.5 Å². The van der Waals surface area contributed by atoms with Gasteiger partial charge < -0.3 is 10.1 Å². The lowest BCUT2D eigenvalue weighted by Gasteiger charge is -2.28. The van der Waals surface area contributed by atoms with E-state index >= 15 is 0 Å². The van der Waals surface area contributed by atoms with Gasteiger partial charge in [0.15, 0.2) is 0 Å². The molecule has 0 amide bonds. The summed E-state index contributed by atoms with van der Waals surface area (Å²) in [6.07, 6.45) is -0.633. The van der Waals surface area contributed by atoms with Crippen molar-refractivity contribution in [3.05, 3.63) is 94.5 Å². The van der Waals surface area contributed by atoms with Crippen LogP contribution in [0, 0.1) is 0 Å². The van der Waals surface area contributed by atoms with Crippen LogP contribution in [0.25, 0.3) is 0 Å². The number of carbonyl (C=O) groups excluding carboxylic acids is 1. The fourth-order valence-corrected chi connectivity index (χ4v) is 4.57. The molecule has 8 heteroatoms. The largest absolute Gasteiger partial charge is 0.457 e. The predicted molar refractivity (Wildman–Crippen MR) is 110 cm³/mol. The summed E-state index contributed by atoms with van der Waals surface area (Å²) < 4.78 is 32.8. The Morgan fingerprint density at radius 2 is 1.76 bits per heavy atom. The van der Waals surface area contributed by atoms with Crippen LogP contribution in [0.2, 0.25) is 5.02 Å². The third-order valence-corrected chi connectivity index (χ3v) is 6.20. The van der Waals surface area contributed by atoms with Crippen molar-refractivity contribution in [1.82, 2.24) is 4.72 Å². The van der Waals surface area contributed by atoms with E-state index in [0.717, 1.165) is 5.56 Å². The van der Waals surface area contributed by atoms with Gasteiger partial charge in [-0.1, -0.05) is 48.0 Å². The summed E-state index contributed by atoms with van der Waals surface area (Å²) in [6, 6.07) is 20.4. The molecule has 0 spiro atoms. The molecule has 1 heterocycles. The van der Waals surface area contributed by atoms with Crippen molar-refractivity contribution in [2.24, 2.45) is 0 Å². The Bertz CT molecular complexity index is 1160. The summed E-state index contributed by atoms with van der Waals surface area (Å²) in [5.41, 5.74) is 2.37. The maximum absolute atomic E-state index is 12.4. The second-order valence-electron chi connectivity index (χ2n) is 6.52. The van der Waals surface area contributed by atoms with Gasteiger partial charge in [-0.2, -0.15) is 4.72 Å². The first-order valence-electron chi connectivity index (χ1n) is 8.82. The zero-order valence-corrected chi connectivity index (χ0v) is 16.7. The van der Waals surface area contributed by atoms with Crippen molar-refractivity contribution in [1.29, 1.82) is 0 Å². The van der Waals surface area contributed by atoms with Gasteiger partial charge in [0.1, 0.15) is 17.7 Å². The lowest BCUT2D eigenvalue weighted by molar-refractivity contribution is 0.0472. The van der Waals surface area contributed by atoms with E-state index in [9.17, 15) is 13.2 Å². The van der Waals surface area contributed by atoms with Crippen LogP contribution in [0.3, 0.4) is 0 Å². The summed E-state index contributed by atoms with van der Waals surface area (Å²) in [5.74, 6) is -0.473. The molecule has 0 saturated heterocycles. The average Bonchev–Trinajstić information content (AvgIpc) is 2.72. The number of fused-ring (bicyclic) bond motifs is 1. The third kappa shape index (κ3) is 4.27. The quantitative estimate of drug-likeness (QED) is 0.611. The molecular weight excluding hydrogens is 412 g/mol. The van der Waals surface area contributed by atoms with Gasteiger partial charge in [-0.15, -0.1) is 0 Å². The van der Waals surface area contributed by atoms with Crippen molar-refractivity contribution < 1.29 is 17.9 Å². The van der Waals surface area contributed by atoms with E-state index < -0.39 is 22.2 Å². The second-order valence-corrected chi connectivity index (χ2v) is 8.64. The molecule has 0 fully saturated rings. The molecule has 1 atom stereocenters. The van der Waals surface area contributed by atoms with Crippen LogP contribution in [-0.2, 0) is 21.4 Å². The molecule has 1 aliphatic heterocycles. The number of nitrogens with one attached hydrogen (secondary N) is 2. The lowest BCUT2D eigenvalue weighted by Crippen LogP contribution is -2.38. The number of para-hydroxylation sites is 1. The maximum atomic E-state index is 12.4. The topological polar surface area (TPSA) is 84.5 Å². The zero-order chi connectivity index (χ0) is 20.4. The molecule has 0 aromatic heterocycles. The zero-order valence-electron chi connectivity index (χ0n) is 15.1. The SMILES string of the molecule is O=C(OCc1cccc(Cl)c1)c1ccc([C@@H]2Nc3ccccc3S(=O)(=O)N2)cc1. The first kappa shape index (κ1) is 19.4. The average molecular weight is 429 g/mol. The highest BCUT2D eigenvalue weighted by atomic mass is 35.5. The maximum Gasteiger partial charge on any atom is 0.338 e. The Labute approximate surface area is 173 Å². The predicted octanol–water partition coefficient (Wildman–Crippen LogP) is 4.10. The van der Waals surface area contributed by atoms with E-state index in [1.165, 1.54) is 0 Å². The number of benzene rings is 3. The molecule has 4 rings (SSSR count). The van der Waals surface area contributed by atoms with Crippen LogP contribution >= 0.6 is 11.6 Å². The molecule has 29 heavy (non-hydrogen) atoms. The van der Waals surface area contributed by atoms with Gasteiger partial charge in [0.25, 0.3) is 0 Å². The number of hydrogen-bond acceptors (Lipinski definition) is 5. The molecule has 0 unspecified atom stereocenters. The van der Waals surface area contributed by atoms with E-state index in [-0.39, 0.29) is 11.5 Å². The van der Waals surface area contributed by atoms with Gasteiger partial charge in [-0.3, -0.25) is 0 Å². The second kappa shape index (κ2) is 7.87. The van der Waals surface area contributed by atoms with E-state index in [1.807, 2.05) is 6.07 Å². The number of rotatable bonds is 4. The molecule has 0 radical (unpaired) electrons. The van der Waals surface area contributed by atoms with E-state index in [1.54, 1.807) is 66.7 Å². The summed E-state index contributed by atoms with van der Waals surface area (Å²) in [7, 11) is -3.62. The Kier molecular flexibility index (Phi) is 5.27. The Balaban J connectivity index is 1.46. The number of halogens is 1. The van der Waals surface area contributed by atoms with Crippen LogP contribution in [-0.4, -0.2) is 14.4 Å². The van der Waals surface area contributed by atoms with E-state index in [4.69, 9.17) is 16.3 Å². The molecule has 6 nitrogen and oxygen atoms in total. The number of carbonyl (C=O) groups is 1. The van der Waals surface area contributed by atoms with Crippen molar-refractivity contribution in [3.8, 4) is 0 Å². The summed E-state index contributed by atoms with van der Waals surface area (Å²) in [6.45, 7) is 0.113. The molecule has 148 valence electrons. The molecule has 3 aromatic carbocycles. The van der Waals surface area contributed by atoms with Crippen molar-refractivity contribution in [3.63, 3.8) is 0 Å². The minimum absolute atomic E-state index is 0.113.